The fraction of sp³-hybridized carbons (Fsp3) is 0.917. The topological polar surface area (TPSA) is 29.1 Å². The van der Waals surface area contributed by atoms with E-state index in [1.165, 1.54) is 0 Å². The van der Waals surface area contributed by atoms with Crippen molar-refractivity contribution >= 4 is 17.5 Å². The summed E-state index contributed by atoms with van der Waals surface area (Å²) in [5, 5.41) is 2.99. The smallest absolute Gasteiger partial charge is 0.220 e. The molecule has 0 aliphatic rings. The van der Waals surface area contributed by atoms with Gasteiger partial charge in [-0.05, 0) is 18.8 Å². The van der Waals surface area contributed by atoms with Crippen molar-refractivity contribution in [1.29, 1.82) is 0 Å². The quantitative estimate of drug-likeness (QED) is 0.506. The Hall–Kier alpha value is -0.240. The highest BCUT2D eigenvalue weighted by molar-refractivity contribution is 6.18. The van der Waals surface area contributed by atoms with E-state index in [2.05, 4.69) is 26.1 Å². The Morgan fingerprint density at radius 3 is 2.47 bits per heavy atom. The summed E-state index contributed by atoms with van der Waals surface area (Å²) in [6.07, 6.45) is 4.86. The van der Waals surface area contributed by atoms with Gasteiger partial charge in [0.25, 0.3) is 0 Å². The summed E-state index contributed by atoms with van der Waals surface area (Å²) in [6, 6.07) is 0.140. The first-order valence-corrected chi connectivity index (χ1v) is 6.48. The van der Waals surface area contributed by atoms with Gasteiger partial charge in [-0.2, -0.15) is 0 Å². The summed E-state index contributed by atoms with van der Waals surface area (Å²) in [5.41, 5.74) is 0. The van der Waals surface area contributed by atoms with Crippen LogP contribution in [-0.2, 0) is 4.79 Å². The zero-order valence-corrected chi connectivity index (χ0v) is 10.9. The van der Waals surface area contributed by atoms with Crippen molar-refractivity contribution in [3.05, 3.63) is 0 Å². The van der Waals surface area contributed by atoms with Crippen LogP contribution in [0.1, 0.15) is 52.9 Å². The number of rotatable bonds is 8. The Kier molecular flexibility index (Phi) is 8.88. The van der Waals surface area contributed by atoms with Crippen LogP contribution in [-0.4, -0.2) is 17.8 Å². The van der Waals surface area contributed by atoms with Gasteiger partial charge in [0.15, 0.2) is 0 Å². The monoisotopic (exact) mass is 233 g/mol. The fourth-order valence-electron chi connectivity index (χ4n) is 1.56. The van der Waals surface area contributed by atoms with Crippen LogP contribution >= 0.6 is 11.6 Å². The van der Waals surface area contributed by atoms with Crippen LogP contribution in [0.25, 0.3) is 0 Å². The third-order valence-electron chi connectivity index (χ3n) is 2.31. The minimum absolute atomic E-state index is 0.140. The van der Waals surface area contributed by atoms with E-state index in [0.717, 1.165) is 25.7 Å². The maximum absolute atomic E-state index is 11.5. The summed E-state index contributed by atoms with van der Waals surface area (Å²) in [5.74, 6) is 1.23. The molecule has 1 unspecified atom stereocenters. The number of halogens is 1. The lowest BCUT2D eigenvalue weighted by Crippen LogP contribution is -2.36. The Balaban J connectivity index is 3.70. The maximum atomic E-state index is 11.5. The molecule has 0 spiro atoms. The van der Waals surface area contributed by atoms with Crippen LogP contribution in [0.2, 0.25) is 0 Å². The van der Waals surface area contributed by atoms with Gasteiger partial charge >= 0.3 is 0 Å². The van der Waals surface area contributed by atoms with Crippen LogP contribution < -0.4 is 5.32 Å². The molecule has 1 N–H and O–H groups in total. The molecule has 1 amide bonds. The van der Waals surface area contributed by atoms with Crippen molar-refractivity contribution in [2.75, 3.05) is 5.88 Å². The van der Waals surface area contributed by atoms with Crippen molar-refractivity contribution in [2.45, 2.75) is 58.9 Å². The zero-order chi connectivity index (χ0) is 11.7. The minimum Gasteiger partial charge on any atom is -0.352 e. The predicted octanol–water partition coefficient (Wildman–Crippen LogP) is 3.34. The highest BCUT2D eigenvalue weighted by Gasteiger charge is 2.12. The maximum Gasteiger partial charge on any atom is 0.220 e. The summed E-state index contributed by atoms with van der Waals surface area (Å²) < 4.78 is 0. The number of carbonyl (C=O) groups excluding carboxylic acids is 1. The molecule has 0 aliphatic heterocycles. The van der Waals surface area contributed by atoms with Gasteiger partial charge in [-0.3, -0.25) is 4.79 Å². The van der Waals surface area contributed by atoms with Crippen LogP contribution in [0.4, 0.5) is 0 Å². The third-order valence-corrected chi connectivity index (χ3v) is 2.69. The SMILES string of the molecule is CCCCCC(=O)NC(CCl)CC(C)C. The fourth-order valence-corrected chi connectivity index (χ4v) is 1.77. The van der Waals surface area contributed by atoms with Gasteiger partial charge in [0.1, 0.15) is 0 Å². The first-order valence-electron chi connectivity index (χ1n) is 5.95. The number of hydrogen-bond donors (Lipinski definition) is 1. The van der Waals surface area contributed by atoms with E-state index < -0.39 is 0 Å². The van der Waals surface area contributed by atoms with E-state index in [1.807, 2.05) is 0 Å². The largest absolute Gasteiger partial charge is 0.352 e. The van der Waals surface area contributed by atoms with Crippen molar-refractivity contribution < 1.29 is 4.79 Å². The number of hydrogen-bond acceptors (Lipinski definition) is 1. The lowest BCUT2D eigenvalue weighted by atomic mass is 10.0. The summed E-state index contributed by atoms with van der Waals surface area (Å²) in [7, 11) is 0. The standard InChI is InChI=1S/C12H24ClNO/c1-4-5-6-7-12(15)14-11(9-13)8-10(2)3/h10-11H,4-9H2,1-3H3,(H,14,15). The molecule has 0 radical (unpaired) electrons. The van der Waals surface area contributed by atoms with Crippen LogP contribution in [0.5, 0.6) is 0 Å². The molecule has 0 fully saturated rings. The molecule has 0 bridgehead atoms. The van der Waals surface area contributed by atoms with Gasteiger partial charge in [0.2, 0.25) is 5.91 Å². The van der Waals surface area contributed by atoms with Gasteiger partial charge in [0.05, 0.1) is 0 Å². The normalized spacial score (nSPS) is 12.9. The summed E-state index contributed by atoms with van der Waals surface area (Å²) >= 11 is 5.80. The second kappa shape index (κ2) is 9.02. The molecular weight excluding hydrogens is 210 g/mol. The van der Waals surface area contributed by atoms with Crippen LogP contribution in [0, 0.1) is 5.92 Å². The highest BCUT2D eigenvalue weighted by atomic mass is 35.5. The summed E-state index contributed by atoms with van der Waals surface area (Å²) in [4.78, 5) is 11.5. The lowest BCUT2D eigenvalue weighted by Gasteiger charge is -2.17. The minimum atomic E-state index is 0.140. The Morgan fingerprint density at radius 1 is 1.33 bits per heavy atom. The zero-order valence-electron chi connectivity index (χ0n) is 10.2. The average Bonchev–Trinajstić information content (AvgIpc) is 2.16. The second-order valence-corrected chi connectivity index (χ2v) is 4.81. The molecule has 15 heavy (non-hydrogen) atoms. The molecule has 3 heteroatoms. The number of alkyl halides is 1. The van der Waals surface area contributed by atoms with Gasteiger partial charge in [-0.1, -0.05) is 33.6 Å². The molecule has 0 heterocycles. The van der Waals surface area contributed by atoms with Gasteiger partial charge in [0, 0.05) is 18.3 Å². The van der Waals surface area contributed by atoms with Crippen molar-refractivity contribution in [2.24, 2.45) is 5.92 Å². The number of nitrogens with one attached hydrogen (secondary N) is 1. The molecule has 0 aromatic heterocycles. The first kappa shape index (κ1) is 14.8. The molecule has 90 valence electrons. The van der Waals surface area contributed by atoms with E-state index in [-0.39, 0.29) is 11.9 Å². The van der Waals surface area contributed by atoms with Crippen LogP contribution in [0.15, 0.2) is 0 Å². The molecule has 0 saturated heterocycles. The van der Waals surface area contributed by atoms with Crippen LogP contribution in [0.3, 0.4) is 0 Å². The van der Waals surface area contributed by atoms with E-state index in [1.54, 1.807) is 0 Å². The molecule has 0 aromatic rings. The van der Waals surface area contributed by atoms with E-state index in [0.29, 0.717) is 18.2 Å². The average molecular weight is 234 g/mol. The van der Waals surface area contributed by atoms with Gasteiger partial charge in [-0.15, -0.1) is 11.6 Å². The first-order chi connectivity index (χ1) is 7.10. The van der Waals surface area contributed by atoms with Gasteiger partial charge in [-0.25, -0.2) is 0 Å². The molecule has 2 nitrogen and oxygen atoms in total. The van der Waals surface area contributed by atoms with Gasteiger partial charge < -0.3 is 5.32 Å². The van der Waals surface area contributed by atoms with E-state index in [4.69, 9.17) is 11.6 Å². The number of unbranched alkanes of at least 4 members (excludes halogenated alkanes) is 2. The molecular formula is C12H24ClNO. The molecule has 0 rings (SSSR count). The highest BCUT2D eigenvalue weighted by Crippen LogP contribution is 2.07. The van der Waals surface area contributed by atoms with E-state index in [9.17, 15) is 4.79 Å². The molecule has 0 aliphatic carbocycles. The second-order valence-electron chi connectivity index (χ2n) is 4.51. The lowest BCUT2D eigenvalue weighted by molar-refractivity contribution is -0.121. The predicted molar refractivity (Wildman–Crippen MR) is 66.2 cm³/mol. The number of amides is 1. The Bertz CT molecular complexity index is 171. The number of carbonyl (C=O) groups is 1. The summed E-state index contributed by atoms with van der Waals surface area (Å²) in [6.45, 7) is 6.42. The van der Waals surface area contributed by atoms with E-state index >= 15 is 0 Å². The Morgan fingerprint density at radius 2 is 2.00 bits per heavy atom. The third kappa shape index (κ3) is 8.73. The van der Waals surface area contributed by atoms with Crippen molar-refractivity contribution in [3.8, 4) is 0 Å². The van der Waals surface area contributed by atoms with Crippen molar-refractivity contribution in [3.63, 3.8) is 0 Å². The molecule has 0 saturated carbocycles. The van der Waals surface area contributed by atoms with Crippen molar-refractivity contribution in [1.82, 2.24) is 5.32 Å². The molecule has 0 aromatic carbocycles. The Labute approximate surface area is 98.8 Å². The molecule has 1 atom stereocenters.